The summed E-state index contributed by atoms with van der Waals surface area (Å²) in [5.74, 6) is 2.25. The SMILES string of the molecule is O=C(O)CC#Cc1ccc(O)c([N+](=O)[O-])n1. The van der Waals surface area contributed by atoms with Crippen LogP contribution < -0.4 is 0 Å². The summed E-state index contributed by atoms with van der Waals surface area (Å²) in [6, 6.07) is 2.34. The summed E-state index contributed by atoms with van der Waals surface area (Å²) in [5, 5.41) is 27.8. The van der Waals surface area contributed by atoms with E-state index in [9.17, 15) is 14.9 Å². The van der Waals surface area contributed by atoms with E-state index in [2.05, 4.69) is 16.8 Å². The van der Waals surface area contributed by atoms with E-state index in [1.807, 2.05) is 0 Å². The fourth-order valence-corrected chi connectivity index (χ4v) is 0.855. The van der Waals surface area contributed by atoms with Gasteiger partial charge in [-0.15, -0.1) is 0 Å². The zero-order valence-electron chi connectivity index (χ0n) is 7.88. The Morgan fingerprint density at radius 2 is 2.25 bits per heavy atom. The molecule has 1 aromatic rings. The average Bonchev–Trinajstić information content (AvgIpc) is 2.19. The van der Waals surface area contributed by atoms with Gasteiger partial charge in [0.1, 0.15) is 6.42 Å². The molecule has 0 amide bonds. The minimum absolute atomic E-state index is 0.0331. The number of aromatic nitrogens is 1. The third-order valence-corrected chi connectivity index (χ3v) is 1.48. The molecule has 0 saturated heterocycles. The van der Waals surface area contributed by atoms with E-state index in [1.54, 1.807) is 0 Å². The quantitative estimate of drug-likeness (QED) is 0.428. The van der Waals surface area contributed by atoms with E-state index in [0.717, 1.165) is 6.07 Å². The topological polar surface area (TPSA) is 114 Å². The van der Waals surface area contributed by atoms with Gasteiger partial charge in [0, 0.05) is 6.07 Å². The van der Waals surface area contributed by atoms with E-state index in [-0.39, 0.29) is 12.1 Å². The van der Waals surface area contributed by atoms with Crippen LogP contribution in [0.1, 0.15) is 12.1 Å². The van der Waals surface area contributed by atoms with E-state index in [0.29, 0.717) is 0 Å². The van der Waals surface area contributed by atoms with Gasteiger partial charge in [-0.3, -0.25) is 4.79 Å². The number of carbonyl (C=O) groups is 1. The third kappa shape index (κ3) is 2.95. The first-order valence-electron chi connectivity index (χ1n) is 4.06. The van der Waals surface area contributed by atoms with Crippen molar-refractivity contribution in [2.75, 3.05) is 0 Å². The van der Waals surface area contributed by atoms with Crippen molar-refractivity contribution >= 4 is 11.8 Å². The fraction of sp³-hybridized carbons (Fsp3) is 0.111. The van der Waals surface area contributed by atoms with Gasteiger partial charge in [-0.25, -0.2) is 0 Å². The molecule has 0 aromatic carbocycles. The maximum Gasteiger partial charge on any atom is 0.407 e. The second kappa shape index (κ2) is 4.75. The zero-order valence-corrected chi connectivity index (χ0v) is 7.88. The van der Waals surface area contributed by atoms with Crippen molar-refractivity contribution in [2.24, 2.45) is 0 Å². The number of hydrogen-bond acceptors (Lipinski definition) is 5. The highest BCUT2D eigenvalue weighted by Crippen LogP contribution is 2.21. The number of aliphatic carboxylic acids is 1. The van der Waals surface area contributed by atoms with Crippen LogP contribution in [-0.4, -0.2) is 26.1 Å². The van der Waals surface area contributed by atoms with E-state index in [4.69, 9.17) is 10.2 Å². The summed E-state index contributed by atoms with van der Waals surface area (Å²) in [6.45, 7) is 0. The highest BCUT2D eigenvalue weighted by Gasteiger charge is 2.15. The van der Waals surface area contributed by atoms with Crippen LogP contribution in [0.2, 0.25) is 0 Å². The van der Waals surface area contributed by atoms with Gasteiger partial charge in [-0.2, -0.15) is 0 Å². The highest BCUT2D eigenvalue weighted by molar-refractivity contribution is 5.70. The fourth-order valence-electron chi connectivity index (χ4n) is 0.855. The summed E-state index contributed by atoms with van der Waals surface area (Å²) >= 11 is 0. The Hall–Kier alpha value is -2.62. The second-order valence-corrected chi connectivity index (χ2v) is 2.67. The molecule has 2 N–H and O–H groups in total. The lowest BCUT2D eigenvalue weighted by atomic mass is 10.3. The number of nitro groups is 1. The van der Waals surface area contributed by atoms with E-state index >= 15 is 0 Å². The molecule has 0 radical (unpaired) electrons. The number of aromatic hydroxyl groups is 1. The maximum absolute atomic E-state index is 10.4. The number of pyridine rings is 1. The van der Waals surface area contributed by atoms with Crippen LogP contribution >= 0.6 is 0 Å². The summed E-state index contributed by atoms with van der Waals surface area (Å²) in [7, 11) is 0. The molecule has 0 spiro atoms. The van der Waals surface area contributed by atoms with Gasteiger partial charge < -0.3 is 20.3 Å². The van der Waals surface area contributed by atoms with Crippen molar-refractivity contribution in [1.29, 1.82) is 0 Å². The molecule has 0 bridgehead atoms. The summed E-state index contributed by atoms with van der Waals surface area (Å²) < 4.78 is 0. The first-order valence-corrected chi connectivity index (χ1v) is 4.06. The number of rotatable bonds is 2. The Balaban J connectivity index is 2.98. The van der Waals surface area contributed by atoms with Crippen LogP contribution in [0.3, 0.4) is 0 Å². The predicted molar refractivity (Wildman–Crippen MR) is 51.7 cm³/mol. The van der Waals surface area contributed by atoms with E-state index < -0.39 is 22.5 Å². The summed E-state index contributed by atoms with van der Waals surface area (Å²) in [5.41, 5.74) is 0.0331. The largest absolute Gasteiger partial charge is 0.501 e. The van der Waals surface area contributed by atoms with E-state index in [1.165, 1.54) is 6.07 Å². The van der Waals surface area contributed by atoms with Crippen molar-refractivity contribution < 1.29 is 19.9 Å². The van der Waals surface area contributed by atoms with Crippen molar-refractivity contribution in [3.05, 3.63) is 27.9 Å². The molecule has 7 heteroatoms. The molecule has 1 heterocycles. The zero-order chi connectivity index (χ0) is 12.1. The predicted octanol–water partition coefficient (Wildman–Crippen LogP) is 0.522. The Bertz CT molecular complexity index is 500. The third-order valence-electron chi connectivity index (χ3n) is 1.48. The second-order valence-electron chi connectivity index (χ2n) is 2.67. The van der Waals surface area contributed by atoms with Crippen LogP contribution in [0.5, 0.6) is 5.75 Å². The average molecular weight is 222 g/mol. The number of nitrogens with zero attached hydrogens (tertiary/aromatic N) is 2. The lowest BCUT2D eigenvalue weighted by molar-refractivity contribution is -0.390. The molecule has 0 saturated carbocycles. The summed E-state index contributed by atoms with van der Waals surface area (Å²) in [6.07, 6.45) is -0.379. The molecular formula is C9H6N2O5. The molecule has 0 aliphatic heterocycles. The van der Waals surface area contributed by atoms with Crippen molar-refractivity contribution in [1.82, 2.24) is 4.98 Å². The first kappa shape index (κ1) is 11.5. The molecule has 7 nitrogen and oxygen atoms in total. The van der Waals surface area contributed by atoms with Crippen molar-refractivity contribution in [2.45, 2.75) is 6.42 Å². The van der Waals surface area contributed by atoms with Crippen LogP contribution in [0.15, 0.2) is 12.1 Å². The van der Waals surface area contributed by atoms with Crippen molar-refractivity contribution in [3.8, 4) is 17.6 Å². The summed E-state index contributed by atoms with van der Waals surface area (Å²) in [4.78, 5) is 23.1. The molecule has 0 fully saturated rings. The minimum Gasteiger partial charge on any atom is -0.501 e. The molecular weight excluding hydrogens is 216 g/mol. The van der Waals surface area contributed by atoms with Gasteiger partial charge in [0.2, 0.25) is 11.4 Å². The van der Waals surface area contributed by atoms with Gasteiger partial charge in [0.05, 0.1) is 0 Å². The number of carboxylic acids is 1. The normalized spacial score (nSPS) is 9.00. The highest BCUT2D eigenvalue weighted by atomic mass is 16.6. The molecule has 82 valence electrons. The van der Waals surface area contributed by atoms with Gasteiger partial charge in [-0.1, -0.05) is 5.92 Å². The Kier molecular flexibility index (Phi) is 3.40. The molecule has 16 heavy (non-hydrogen) atoms. The lowest BCUT2D eigenvalue weighted by Crippen LogP contribution is -1.95. The molecule has 1 rings (SSSR count). The van der Waals surface area contributed by atoms with Gasteiger partial charge in [0.25, 0.3) is 0 Å². The monoisotopic (exact) mass is 222 g/mol. The van der Waals surface area contributed by atoms with Gasteiger partial charge in [0.15, 0.2) is 0 Å². The first-order chi connectivity index (χ1) is 7.50. The van der Waals surface area contributed by atoms with Gasteiger partial charge in [-0.05, 0) is 21.9 Å². The lowest BCUT2D eigenvalue weighted by Gasteiger charge is -1.94. The minimum atomic E-state index is -1.10. The number of carboxylic acid groups (broad SMARTS) is 1. The Morgan fingerprint density at radius 3 is 2.81 bits per heavy atom. The number of hydrogen-bond donors (Lipinski definition) is 2. The Labute approximate surface area is 89.5 Å². The molecule has 1 aromatic heterocycles. The van der Waals surface area contributed by atoms with Crippen LogP contribution in [-0.2, 0) is 4.79 Å². The Morgan fingerprint density at radius 1 is 1.56 bits per heavy atom. The maximum atomic E-state index is 10.4. The standard InChI is InChI=1S/C9H6N2O5/c12-7-5-4-6(2-1-3-8(13)14)10-9(7)11(15)16/h4-5,12H,3H2,(H,13,14). The van der Waals surface area contributed by atoms with Crippen molar-refractivity contribution in [3.63, 3.8) is 0 Å². The molecule has 0 aliphatic carbocycles. The van der Waals surface area contributed by atoms with Crippen LogP contribution in [0.4, 0.5) is 5.82 Å². The molecule has 0 aliphatic rings. The van der Waals surface area contributed by atoms with Crippen LogP contribution in [0.25, 0.3) is 0 Å². The smallest absolute Gasteiger partial charge is 0.407 e. The van der Waals surface area contributed by atoms with Crippen LogP contribution in [0, 0.1) is 22.0 Å². The van der Waals surface area contributed by atoms with Gasteiger partial charge >= 0.3 is 11.8 Å². The molecule has 0 unspecified atom stereocenters. The molecule has 0 atom stereocenters.